The predicted octanol–water partition coefficient (Wildman–Crippen LogP) is 1.32. The number of nitrogens with zero attached hydrogens (tertiary/aromatic N) is 4. The van der Waals surface area contributed by atoms with Crippen molar-refractivity contribution < 1.29 is 13.2 Å². The molecule has 8 nitrogen and oxygen atoms in total. The summed E-state index contributed by atoms with van der Waals surface area (Å²) in [6, 6.07) is 0. The van der Waals surface area contributed by atoms with Gasteiger partial charge in [-0.05, 0) is 19.3 Å². The Morgan fingerprint density at radius 2 is 2.04 bits per heavy atom. The first kappa shape index (κ1) is 19.6. The molecule has 0 aliphatic carbocycles. The predicted molar refractivity (Wildman–Crippen MR) is 98.0 cm³/mol. The highest BCUT2D eigenvalue weighted by Crippen LogP contribution is 2.24. The molecule has 1 aromatic heterocycles. The average molecular weight is 369 g/mol. The molecule has 1 aliphatic rings. The third-order valence-corrected chi connectivity index (χ3v) is 6.30. The standard InChI is InChI=1S/C16H27N5O3S/c1-4-5-10-25(23,24)21-8-6-13(7-9-21)16(22)19-14-11-17-12-18-15(14)20(2)3/h11-13H,4-10H2,1-3H3,(H,19,22). The summed E-state index contributed by atoms with van der Waals surface area (Å²) in [4.78, 5) is 22.4. The molecule has 0 radical (unpaired) electrons. The van der Waals surface area contributed by atoms with Crippen LogP contribution in [0.1, 0.15) is 32.6 Å². The highest BCUT2D eigenvalue weighted by molar-refractivity contribution is 7.89. The van der Waals surface area contributed by atoms with Gasteiger partial charge in [0.2, 0.25) is 15.9 Å². The summed E-state index contributed by atoms with van der Waals surface area (Å²) in [7, 11) is 0.493. The van der Waals surface area contributed by atoms with Crippen LogP contribution >= 0.6 is 0 Å². The Hall–Kier alpha value is -1.74. The number of nitrogens with one attached hydrogen (secondary N) is 1. The van der Waals surface area contributed by atoms with E-state index in [1.807, 2.05) is 21.0 Å². The summed E-state index contributed by atoms with van der Waals surface area (Å²) < 4.78 is 26.0. The molecule has 25 heavy (non-hydrogen) atoms. The second kappa shape index (κ2) is 8.57. The van der Waals surface area contributed by atoms with E-state index in [-0.39, 0.29) is 17.6 Å². The van der Waals surface area contributed by atoms with Crippen LogP contribution in [0.2, 0.25) is 0 Å². The molecule has 140 valence electrons. The lowest BCUT2D eigenvalue weighted by molar-refractivity contribution is -0.120. The van der Waals surface area contributed by atoms with Gasteiger partial charge in [-0.15, -0.1) is 0 Å². The van der Waals surface area contributed by atoms with Gasteiger partial charge in [-0.3, -0.25) is 4.79 Å². The van der Waals surface area contributed by atoms with Gasteiger partial charge in [0.25, 0.3) is 0 Å². The normalized spacial score (nSPS) is 16.6. The molecule has 0 bridgehead atoms. The van der Waals surface area contributed by atoms with Crippen LogP contribution in [0, 0.1) is 5.92 Å². The van der Waals surface area contributed by atoms with Gasteiger partial charge in [-0.2, -0.15) is 0 Å². The molecule has 0 unspecified atom stereocenters. The van der Waals surface area contributed by atoms with E-state index in [0.29, 0.717) is 43.9 Å². The Morgan fingerprint density at radius 3 is 2.64 bits per heavy atom. The van der Waals surface area contributed by atoms with Crippen LogP contribution in [0.3, 0.4) is 0 Å². The third kappa shape index (κ3) is 5.12. The smallest absolute Gasteiger partial charge is 0.227 e. The van der Waals surface area contributed by atoms with Gasteiger partial charge < -0.3 is 10.2 Å². The van der Waals surface area contributed by atoms with Crippen molar-refractivity contribution in [3.8, 4) is 0 Å². The van der Waals surface area contributed by atoms with E-state index >= 15 is 0 Å². The first-order valence-corrected chi connectivity index (χ1v) is 10.2. The van der Waals surface area contributed by atoms with E-state index in [1.165, 1.54) is 10.6 Å². The SMILES string of the molecule is CCCCS(=O)(=O)N1CCC(C(=O)Nc2cncnc2N(C)C)CC1. The molecular weight excluding hydrogens is 342 g/mol. The maximum atomic E-state index is 12.5. The van der Waals surface area contributed by atoms with Crippen molar-refractivity contribution in [3.63, 3.8) is 0 Å². The lowest BCUT2D eigenvalue weighted by Crippen LogP contribution is -2.42. The van der Waals surface area contributed by atoms with Crippen molar-refractivity contribution >= 4 is 27.4 Å². The third-order valence-electron chi connectivity index (χ3n) is 4.35. The van der Waals surface area contributed by atoms with Crippen LogP contribution in [0.5, 0.6) is 0 Å². The summed E-state index contributed by atoms with van der Waals surface area (Å²) in [6.45, 7) is 2.77. The summed E-state index contributed by atoms with van der Waals surface area (Å²) >= 11 is 0. The molecule has 1 fully saturated rings. The largest absolute Gasteiger partial charge is 0.361 e. The average Bonchev–Trinajstić information content (AvgIpc) is 2.60. The second-order valence-electron chi connectivity index (χ2n) is 6.49. The van der Waals surface area contributed by atoms with Crippen molar-refractivity contribution in [2.45, 2.75) is 32.6 Å². The first-order chi connectivity index (χ1) is 11.8. The fourth-order valence-corrected chi connectivity index (χ4v) is 4.53. The number of sulfonamides is 1. The summed E-state index contributed by atoms with van der Waals surface area (Å²) in [5, 5.41) is 2.88. The highest BCUT2D eigenvalue weighted by atomic mass is 32.2. The van der Waals surface area contributed by atoms with Crippen molar-refractivity contribution in [2.75, 3.05) is 43.2 Å². The number of carbonyl (C=O) groups is 1. The highest BCUT2D eigenvalue weighted by Gasteiger charge is 2.31. The summed E-state index contributed by atoms with van der Waals surface area (Å²) in [6.07, 6.45) is 5.59. The van der Waals surface area contributed by atoms with Crippen LogP contribution in [-0.2, 0) is 14.8 Å². The van der Waals surface area contributed by atoms with E-state index in [2.05, 4.69) is 15.3 Å². The van der Waals surface area contributed by atoms with E-state index in [1.54, 1.807) is 11.1 Å². The molecule has 2 heterocycles. The van der Waals surface area contributed by atoms with E-state index in [9.17, 15) is 13.2 Å². The Morgan fingerprint density at radius 1 is 1.36 bits per heavy atom. The molecular formula is C16H27N5O3S. The van der Waals surface area contributed by atoms with Gasteiger partial charge in [0.05, 0.1) is 11.9 Å². The number of carbonyl (C=O) groups excluding carboxylic acids is 1. The fraction of sp³-hybridized carbons (Fsp3) is 0.688. The topological polar surface area (TPSA) is 95.5 Å². The van der Waals surface area contributed by atoms with Crippen LogP contribution in [-0.4, -0.2) is 61.5 Å². The van der Waals surface area contributed by atoms with Gasteiger partial charge >= 0.3 is 0 Å². The van der Waals surface area contributed by atoms with Crippen LogP contribution in [0.15, 0.2) is 12.5 Å². The van der Waals surface area contributed by atoms with Crippen molar-refractivity contribution in [1.29, 1.82) is 0 Å². The zero-order valence-corrected chi connectivity index (χ0v) is 15.9. The van der Waals surface area contributed by atoms with Crippen LogP contribution in [0.4, 0.5) is 11.5 Å². The van der Waals surface area contributed by atoms with Gasteiger partial charge in [0.1, 0.15) is 12.0 Å². The second-order valence-corrected chi connectivity index (χ2v) is 8.58. The van der Waals surface area contributed by atoms with E-state index in [0.717, 1.165) is 6.42 Å². The van der Waals surface area contributed by atoms with E-state index in [4.69, 9.17) is 0 Å². The van der Waals surface area contributed by atoms with Gasteiger partial charge in [-0.25, -0.2) is 22.7 Å². The Bertz CT molecular complexity index is 685. The molecule has 0 spiro atoms. The van der Waals surface area contributed by atoms with Crippen molar-refractivity contribution in [2.24, 2.45) is 5.92 Å². The number of hydrogen-bond donors (Lipinski definition) is 1. The number of amides is 1. The van der Waals surface area contributed by atoms with Crippen LogP contribution < -0.4 is 10.2 Å². The number of unbranched alkanes of at least 4 members (excludes halogenated alkanes) is 1. The molecule has 0 atom stereocenters. The monoisotopic (exact) mass is 369 g/mol. The molecule has 0 saturated carbocycles. The Balaban J connectivity index is 1.94. The lowest BCUT2D eigenvalue weighted by atomic mass is 9.97. The number of piperidine rings is 1. The van der Waals surface area contributed by atoms with Crippen LogP contribution in [0.25, 0.3) is 0 Å². The maximum absolute atomic E-state index is 12.5. The van der Waals surface area contributed by atoms with Gasteiger partial charge in [-0.1, -0.05) is 13.3 Å². The molecule has 1 amide bonds. The minimum absolute atomic E-state index is 0.108. The van der Waals surface area contributed by atoms with Gasteiger partial charge in [0.15, 0.2) is 5.82 Å². The number of rotatable bonds is 7. The molecule has 1 N–H and O–H groups in total. The number of hydrogen-bond acceptors (Lipinski definition) is 6. The quantitative estimate of drug-likeness (QED) is 0.779. The first-order valence-electron chi connectivity index (χ1n) is 8.61. The minimum atomic E-state index is -3.20. The molecule has 2 rings (SSSR count). The van der Waals surface area contributed by atoms with Crippen molar-refractivity contribution in [3.05, 3.63) is 12.5 Å². The minimum Gasteiger partial charge on any atom is -0.361 e. The number of anilines is 2. The summed E-state index contributed by atoms with van der Waals surface area (Å²) in [5.41, 5.74) is 0.565. The maximum Gasteiger partial charge on any atom is 0.227 e. The molecule has 1 saturated heterocycles. The zero-order chi connectivity index (χ0) is 18.4. The van der Waals surface area contributed by atoms with E-state index < -0.39 is 10.0 Å². The Labute approximate surface area is 149 Å². The molecule has 1 aliphatic heterocycles. The zero-order valence-electron chi connectivity index (χ0n) is 15.1. The fourth-order valence-electron chi connectivity index (χ4n) is 2.85. The summed E-state index contributed by atoms with van der Waals surface area (Å²) in [5.74, 6) is 0.521. The number of aromatic nitrogens is 2. The molecule has 1 aromatic rings. The van der Waals surface area contributed by atoms with Crippen molar-refractivity contribution in [1.82, 2.24) is 14.3 Å². The lowest BCUT2D eigenvalue weighted by Gasteiger charge is -2.30. The molecule has 9 heteroatoms. The Kier molecular flexibility index (Phi) is 6.71. The van der Waals surface area contributed by atoms with Gasteiger partial charge in [0, 0.05) is 33.1 Å². The molecule has 0 aromatic carbocycles.